The van der Waals surface area contributed by atoms with E-state index in [2.05, 4.69) is 0 Å². The van der Waals surface area contributed by atoms with Crippen LogP contribution in [0.1, 0.15) is 16.7 Å². The summed E-state index contributed by atoms with van der Waals surface area (Å²) in [5, 5.41) is 9.63. The molecule has 0 spiro atoms. The lowest BCUT2D eigenvalue weighted by atomic mass is 10.1. The first kappa shape index (κ1) is 18.8. The topological polar surface area (TPSA) is 66.8 Å². The number of amides is 2. The molecule has 1 saturated heterocycles. The molecule has 2 amide bonds. The zero-order valence-electron chi connectivity index (χ0n) is 14.2. The number of methoxy groups -OCH3 is 1. The highest BCUT2D eigenvalue weighted by atomic mass is 127. The van der Waals surface area contributed by atoms with E-state index >= 15 is 0 Å². The maximum Gasteiger partial charge on any atom is 0.293 e. The third-order valence-electron chi connectivity index (χ3n) is 4.03. The van der Waals surface area contributed by atoms with Gasteiger partial charge >= 0.3 is 0 Å². The van der Waals surface area contributed by atoms with E-state index in [1.54, 1.807) is 18.2 Å². The molecule has 0 aromatic heterocycles. The summed E-state index contributed by atoms with van der Waals surface area (Å²) >= 11 is 2.91. The minimum Gasteiger partial charge on any atom is -0.504 e. The van der Waals surface area contributed by atoms with Crippen molar-refractivity contribution in [1.29, 1.82) is 0 Å². The Kier molecular flexibility index (Phi) is 5.57. The zero-order valence-corrected chi connectivity index (χ0v) is 17.1. The summed E-state index contributed by atoms with van der Waals surface area (Å²) in [5.74, 6) is 0.0606. The normalized spacial score (nSPS) is 15.8. The van der Waals surface area contributed by atoms with Crippen LogP contribution in [0, 0.1) is 10.5 Å². The number of carbonyl (C=O) groups excluding carboxylic acids is 2. The van der Waals surface area contributed by atoms with Crippen molar-refractivity contribution in [3.05, 3.63) is 61.6 Å². The maximum absolute atomic E-state index is 12.7. The molecule has 0 unspecified atom stereocenters. The first-order valence-electron chi connectivity index (χ1n) is 7.77. The number of phenols is 1. The summed E-state index contributed by atoms with van der Waals surface area (Å²) in [6.07, 6.45) is 1.65. The van der Waals surface area contributed by atoms with Crippen LogP contribution in [0.15, 0.2) is 41.3 Å². The number of hydrogen-bond donors (Lipinski definition) is 1. The molecule has 0 radical (unpaired) electrons. The van der Waals surface area contributed by atoms with Crippen molar-refractivity contribution in [1.82, 2.24) is 4.90 Å². The molecule has 0 saturated carbocycles. The van der Waals surface area contributed by atoms with Crippen molar-refractivity contribution >= 4 is 51.6 Å². The lowest BCUT2D eigenvalue weighted by Crippen LogP contribution is -2.27. The second kappa shape index (κ2) is 7.71. The molecule has 0 bridgehead atoms. The molecule has 0 aliphatic carbocycles. The lowest BCUT2D eigenvalue weighted by Gasteiger charge is -2.14. The van der Waals surface area contributed by atoms with E-state index in [1.807, 2.05) is 53.8 Å². The van der Waals surface area contributed by atoms with Gasteiger partial charge in [-0.1, -0.05) is 24.3 Å². The van der Waals surface area contributed by atoms with Gasteiger partial charge in [0.2, 0.25) is 0 Å². The van der Waals surface area contributed by atoms with Crippen molar-refractivity contribution < 1.29 is 19.4 Å². The van der Waals surface area contributed by atoms with Gasteiger partial charge in [0, 0.05) is 0 Å². The van der Waals surface area contributed by atoms with E-state index in [0.717, 1.165) is 22.9 Å². The van der Waals surface area contributed by atoms with Crippen LogP contribution in [0.5, 0.6) is 11.5 Å². The largest absolute Gasteiger partial charge is 0.504 e. The fraction of sp³-hybridized carbons (Fsp3) is 0.158. The SMILES string of the molecule is COc1cc(/C=C2\SC(=O)N(Cc3ccccc3C)C2=O)cc(I)c1O. The number of carbonyl (C=O) groups is 2. The van der Waals surface area contributed by atoms with E-state index in [9.17, 15) is 14.7 Å². The minimum atomic E-state index is -0.315. The average molecular weight is 481 g/mol. The Morgan fingerprint density at radius 1 is 1.27 bits per heavy atom. The molecule has 2 aromatic rings. The van der Waals surface area contributed by atoms with Crippen molar-refractivity contribution in [3.8, 4) is 11.5 Å². The molecule has 1 aliphatic rings. The van der Waals surface area contributed by atoms with Crippen LogP contribution in [-0.2, 0) is 11.3 Å². The number of aryl methyl sites for hydroxylation is 1. The Morgan fingerprint density at radius 2 is 2.00 bits per heavy atom. The van der Waals surface area contributed by atoms with Gasteiger partial charge in [-0.3, -0.25) is 14.5 Å². The summed E-state index contributed by atoms with van der Waals surface area (Å²) in [6, 6.07) is 11.0. The Balaban J connectivity index is 1.88. The third kappa shape index (κ3) is 3.73. The van der Waals surface area contributed by atoms with E-state index in [0.29, 0.717) is 19.8 Å². The van der Waals surface area contributed by atoms with Crippen molar-refractivity contribution in [3.63, 3.8) is 0 Å². The maximum atomic E-state index is 12.7. The minimum absolute atomic E-state index is 0.0536. The number of hydrogen-bond acceptors (Lipinski definition) is 5. The molecule has 2 aromatic carbocycles. The van der Waals surface area contributed by atoms with Crippen LogP contribution in [-0.4, -0.2) is 28.3 Å². The highest BCUT2D eigenvalue weighted by molar-refractivity contribution is 14.1. The van der Waals surface area contributed by atoms with Crippen LogP contribution in [0.2, 0.25) is 0 Å². The van der Waals surface area contributed by atoms with Crippen LogP contribution < -0.4 is 4.74 Å². The third-order valence-corrected chi connectivity index (χ3v) is 5.76. The van der Waals surface area contributed by atoms with Gasteiger partial charge in [0.1, 0.15) is 0 Å². The Hall–Kier alpha value is -2.00. The van der Waals surface area contributed by atoms with E-state index < -0.39 is 0 Å². The van der Waals surface area contributed by atoms with E-state index in [-0.39, 0.29) is 23.4 Å². The predicted molar refractivity (Wildman–Crippen MR) is 110 cm³/mol. The number of ether oxygens (including phenoxy) is 1. The Morgan fingerprint density at radius 3 is 2.69 bits per heavy atom. The van der Waals surface area contributed by atoms with Crippen LogP contribution in [0.4, 0.5) is 4.79 Å². The quantitative estimate of drug-likeness (QED) is 0.513. The molecule has 3 rings (SSSR count). The Labute approximate surface area is 169 Å². The smallest absolute Gasteiger partial charge is 0.293 e. The van der Waals surface area contributed by atoms with Gasteiger partial charge in [-0.25, -0.2) is 0 Å². The van der Waals surface area contributed by atoms with Gasteiger partial charge in [-0.05, 0) is 76.2 Å². The van der Waals surface area contributed by atoms with Crippen molar-refractivity contribution in [2.45, 2.75) is 13.5 Å². The van der Waals surface area contributed by atoms with E-state index in [4.69, 9.17) is 4.74 Å². The van der Waals surface area contributed by atoms with Crippen LogP contribution in [0.25, 0.3) is 6.08 Å². The molecule has 0 atom stereocenters. The number of thioether (sulfide) groups is 1. The van der Waals surface area contributed by atoms with Gasteiger partial charge < -0.3 is 9.84 Å². The summed E-state index contributed by atoms with van der Waals surface area (Å²) in [6.45, 7) is 2.21. The van der Waals surface area contributed by atoms with Gasteiger partial charge in [-0.15, -0.1) is 0 Å². The molecule has 7 heteroatoms. The number of nitrogens with zero attached hydrogens (tertiary/aromatic N) is 1. The number of aromatic hydroxyl groups is 1. The number of benzene rings is 2. The van der Waals surface area contributed by atoms with Crippen molar-refractivity contribution in [2.75, 3.05) is 7.11 Å². The number of phenolic OH excluding ortho intramolecular Hbond substituents is 1. The van der Waals surface area contributed by atoms with E-state index in [1.165, 1.54) is 12.0 Å². The van der Waals surface area contributed by atoms with Crippen LogP contribution in [0.3, 0.4) is 0 Å². The molecule has 5 nitrogen and oxygen atoms in total. The summed E-state index contributed by atoms with van der Waals surface area (Å²) in [5.41, 5.74) is 2.66. The molecule has 26 heavy (non-hydrogen) atoms. The first-order chi connectivity index (χ1) is 12.4. The number of rotatable bonds is 4. The molecule has 134 valence electrons. The fourth-order valence-corrected chi connectivity index (χ4v) is 4.04. The molecule has 1 heterocycles. The summed E-state index contributed by atoms with van der Waals surface area (Å²) in [7, 11) is 1.46. The fourth-order valence-electron chi connectivity index (χ4n) is 2.58. The molecule has 1 aliphatic heterocycles. The highest BCUT2D eigenvalue weighted by Gasteiger charge is 2.35. The van der Waals surface area contributed by atoms with Gasteiger partial charge in [0.25, 0.3) is 11.1 Å². The molecule has 1 fully saturated rings. The second-order valence-electron chi connectivity index (χ2n) is 5.75. The Bertz CT molecular complexity index is 926. The average Bonchev–Trinajstić information content (AvgIpc) is 2.87. The predicted octanol–water partition coefficient (Wildman–Crippen LogP) is 4.55. The molecular formula is C19H16INO4S. The second-order valence-corrected chi connectivity index (χ2v) is 7.90. The summed E-state index contributed by atoms with van der Waals surface area (Å²) < 4.78 is 5.74. The van der Waals surface area contributed by atoms with Crippen LogP contribution >= 0.6 is 34.4 Å². The van der Waals surface area contributed by atoms with Gasteiger partial charge in [0.05, 0.1) is 22.1 Å². The summed E-state index contributed by atoms with van der Waals surface area (Å²) in [4.78, 5) is 26.6. The lowest BCUT2D eigenvalue weighted by molar-refractivity contribution is -0.123. The highest BCUT2D eigenvalue weighted by Crippen LogP contribution is 2.37. The first-order valence-corrected chi connectivity index (χ1v) is 9.66. The monoisotopic (exact) mass is 481 g/mol. The standard InChI is InChI=1S/C19H16INO4S/c1-11-5-3-4-6-13(11)10-21-18(23)16(26-19(21)24)9-12-7-14(20)17(22)15(8-12)25-2/h3-9,22H,10H2,1-2H3/b16-9-. The van der Waals surface area contributed by atoms with Crippen molar-refractivity contribution in [2.24, 2.45) is 0 Å². The number of halogens is 1. The number of imide groups is 1. The molecular weight excluding hydrogens is 465 g/mol. The zero-order chi connectivity index (χ0) is 18.8. The van der Waals surface area contributed by atoms with Gasteiger partial charge in [0.15, 0.2) is 11.5 Å². The van der Waals surface area contributed by atoms with Gasteiger partial charge in [-0.2, -0.15) is 0 Å². The molecule has 1 N–H and O–H groups in total.